The SMILES string of the molecule is CCN(CC)CCCNCC(=O)N1CCN(c2ccccc2F)CC1. The number of anilines is 1. The maximum Gasteiger partial charge on any atom is 0.236 e. The third-order valence-electron chi connectivity index (χ3n) is 4.82. The Bertz CT molecular complexity index is 528. The second kappa shape index (κ2) is 10.4. The van der Waals surface area contributed by atoms with E-state index in [2.05, 4.69) is 24.1 Å². The van der Waals surface area contributed by atoms with Gasteiger partial charge in [-0.2, -0.15) is 0 Å². The lowest BCUT2D eigenvalue weighted by Gasteiger charge is -2.36. The highest BCUT2D eigenvalue weighted by Crippen LogP contribution is 2.20. The van der Waals surface area contributed by atoms with Gasteiger partial charge in [-0.05, 0) is 44.7 Å². The number of rotatable bonds is 9. The van der Waals surface area contributed by atoms with Crippen LogP contribution in [0.2, 0.25) is 0 Å². The molecule has 140 valence electrons. The van der Waals surface area contributed by atoms with Crippen molar-refractivity contribution in [1.29, 1.82) is 0 Å². The standard InChI is InChI=1S/C19H31FN4O/c1-3-22(4-2)11-7-10-21-16-19(25)24-14-12-23(13-15-24)18-9-6-5-8-17(18)20/h5-6,8-9,21H,3-4,7,10-16H2,1-2H3. The predicted molar refractivity (Wildman–Crippen MR) is 100 cm³/mol. The Morgan fingerprint density at radius 1 is 1.16 bits per heavy atom. The Morgan fingerprint density at radius 3 is 2.48 bits per heavy atom. The van der Waals surface area contributed by atoms with Crippen LogP contribution in [-0.2, 0) is 4.79 Å². The Hall–Kier alpha value is -1.66. The van der Waals surface area contributed by atoms with Crippen molar-refractivity contribution in [3.05, 3.63) is 30.1 Å². The summed E-state index contributed by atoms with van der Waals surface area (Å²) in [7, 11) is 0. The van der Waals surface area contributed by atoms with E-state index >= 15 is 0 Å². The lowest BCUT2D eigenvalue weighted by Crippen LogP contribution is -2.51. The van der Waals surface area contributed by atoms with Gasteiger partial charge in [-0.1, -0.05) is 26.0 Å². The van der Waals surface area contributed by atoms with E-state index in [9.17, 15) is 9.18 Å². The van der Waals surface area contributed by atoms with Crippen LogP contribution < -0.4 is 10.2 Å². The molecule has 5 nitrogen and oxygen atoms in total. The average Bonchev–Trinajstić information content (AvgIpc) is 2.65. The van der Waals surface area contributed by atoms with Gasteiger partial charge in [0.25, 0.3) is 0 Å². The predicted octanol–water partition coefficient (Wildman–Crippen LogP) is 1.80. The molecule has 1 saturated heterocycles. The molecule has 1 N–H and O–H groups in total. The molecule has 0 aliphatic carbocycles. The average molecular weight is 350 g/mol. The quantitative estimate of drug-likeness (QED) is 0.690. The molecule has 1 heterocycles. The topological polar surface area (TPSA) is 38.8 Å². The normalized spacial score (nSPS) is 15.0. The van der Waals surface area contributed by atoms with Gasteiger partial charge in [0.1, 0.15) is 5.82 Å². The summed E-state index contributed by atoms with van der Waals surface area (Å²) in [5, 5.41) is 3.25. The van der Waals surface area contributed by atoms with Crippen LogP contribution in [-0.4, -0.2) is 74.6 Å². The van der Waals surface area contributed by atoms with E-state index in [1.165, 1.54) is 6.07 Å². The van der Waals surface area contributed by atoms with Crippen molar-refractivity contribution in [2.24, 2.45) is 0 Å². The molecule has 1 aliphatic heterocycles. The van der Waals surface area contributed by atoms with Crippen molar-refractivity contribution in [2.75, 3.05) is 63.8 Å². The summed E-state index contributed by atoms with van der Waals surface area (Å²) >= 11 is 0. The van der Waals surface area contributed by atoms with Crippen molar-refractivity contribution >= 4 is 11.6 Å². The van der Waals surface area contributed by atoms with Gasteiger partial charge in [0.05, 0.1) is 12.2 Å². The molecule has 0 saturated carbocycles. The van der Waals surface area contributed by atoms with Crippen LogP contribution in [0.15, 0.2) is 24.3 Å². The van der Waals surface area contributed by atoms with Crippen molar-refractivity contribution in [1.82, 2.24) is 15.1 Å². The Labute approximate surface area is 150 Å². The number of halogens is 1. The van der Waals surface area contributed by atoms with Crippen molar-refractivity contribution in [3.8, 4) is 0 Å². The lowest BCUT2D eigenvalue weighted by atomic mass is 10.2. The van der Waals surface area contributed by atoms with Crippen molar-refractivity contribution < 1.29 is 9.18 Å². The summed E-state index contributed by atoms with van der Waals surface area (Å²) in [5.74, 6) is -0.0619. The zero-order chi connectivity index (χ0) is 18.1. The number of nitrogens with one attached hydrogen (secondary N) is 1. The Kier molecular flexibility index (Phi) is 8.15. The third kappa shape index (κ3) is 5.97. The van der Waals surface area contributed by atoms with Gasteiger partial charge < -0.3 is 20.0 Å². The molecule has 0 spiro atoms. The van der Waals surface area contributed by atoms with Gasteiger partial charge in [-0.15, -0.1) is 0 Å². The number of carbonyl (C=O) groups is 1. The number of hydrogen-bond acceptors (Lipinski definition) is 4. The number of carbonyl (C=O) groups excluding carboxylic acids is 1. The van der Waals surface area contributed by atoms with Crippen LogP contribution >= 0.6 is 0 Å². The molecule has 0 atom stereocenters. The molecular formula is C19H31FN4O. The lowest BCUT2D eigenvalue weighted by molar-refractivity contribution is -0.130. The highest BCUT2D eigenvalue weighted by molar-refractivity contribution is 5.78. The number of hydrogen-bond donors (Lipinski definition) is 1. The molecule has 1 aromatic carbocycles. The number of para-hydroxylation sites is 1. The molecule has 0 unspecified atom stereocenters. The maximum absolute atomic E-state index is 13.8. The molecule has 1 fully saturated rings. The minimum atomic E-state index is -0.197. The second-order valence-electron chi connectivity index (χ2n) is 6.38. The zero-order valence-corrected chi connectivity index (χ0v) is 15.5. The summed E-state index contributed by atoms with van der Waals surface area (Å²) in [6.07, 6.45) is 1.05. The Morgan fingerprint density at radius 2 is 1.84 bits per heavy atom. The minimum Gasteiger partial charge on any atom is -0.366 e. The monoisotopic (exact) mass is 350 g/mol. The Balaban J connectivity index is 1.65. The molecule has 1 aliphatic rings. The fourth-order valence-electron chi connectivity index (χ4n) is 3.18. The van der Waals surface area contributed by atoms with Crippen LogP contribution in [0.25, 0.3) is 0 Å². The second-order valence-corrected chi connectivity index (χ2v) is 6.38. The molecule has 6 heteroatoms. The van der Waals surface area contributed by atoms with Gasteiger partial charge in [0.15, 0.2) is 0 Å². The van der Waals surface area contributed by atoms with Crippen LogP contribution in [0, 0.1) is 5.82 Å². The van der Waals surface area contributed by atoms with Crippen molar-refractivity contribution in [2.45, 2.75) is 20.3 Å². The first-order valence-corrected chi connectivity index (χ1v) is 9.36. The number of benzene rings is 1. The number of piperazine rings is 1. The number of nitrogens with zero attached hydrogens (tertiary/aromatic N) is 3. The minimum absolute atomic E-state index is 0.135. The highest BCUT2D eigenvalue weighted by Gasteiger charge is 2.22. The van der Waals surface area contributed by atoms with E-state index in [4.69, 9.17) is 0 Å². The summed E-state index contributed by atoms with van der Waals surface area (Å²) in [6.45, 7) is 11.4. The van der Waals surface area contributed by atoms with E-state index in [1.54, 1.807) is 12.1 Å². The molecule has 0 bridgehead atoms. The summed E-state index contributed by atoms with van der Waals surface area (Å²) < 4.78 is 13.8. The van der Waals surface area contributed by atoms with Crippen LogP contribution in [0.3, 0.4) is 0 Å². The van der Waals surface area contributed by atoms with Gasteiger partial charge in [-0.3, -0.25) is 4.79 Å². The largest absolute Gasteiger partial charge is 0.366 e. The van der Waals surface area contributed by atoms with E-state index in [0.717, 1.165) is 32.6 Å². The zero-order valence-electron chi connectivity index (χ0n) is 15.5. The molecule has 0 aromatic heterocycles. The van der Waals surface area contributed by atoms with Crippen molar-refractivity contribution in [3.63, 3.8) is 0 Å². The van der Waals surface area contributed by atoms with E-state index in [-0.39, 0.29) is 11.7 Å². The van der Waals surface area contributed by atoms with Crippen LogP contribution in [0.5, 0.6) is 0 Å². The van der Waals surface area contributed by atoms with E-state index in [1.807, 2.05) is 15.9 Å². The van der Waals surface area contributed by atoms with E-state index < -0.39 is 0 Å². The maximum atomic E-state index is 13.8. The van der Waals surface area contributed by atoms with Gasteiger partial charge in [0, 0.05) is 26.2 Å². The summed E-state index contributed by atoms with van der Waals surface area (Å²) in [4.78, 5) is 18.5. The smallest absolute Gasteiger partial charge is 0.236 e. The van der Waals surface area contributed by atoms with E-state index in [0.29, 0.717) is 38.4 Å². The fraction of sp³-hybridized carbons (Fsp3) is 0.632. The molecule has 2 rings (SSSR count). The summed E-state index contributed by atoms with van der Waals surface area (Å²) in [6, 6.07) is 6.82. The number of amides is 1. The molecule has 0 radical (unpaired) electrons. The fourth-order valence-corrected chi connectivity index (χ4v) is 3.18. The third-order valence-corrected chi connectivity index (χ3v) is 4.82. The van der Waals surface area contributed by atoms with Gasteiger partial charge >= 0.3 is 0 Å². The first-order valence-electron chi connectivity index (χ1n) is 9.36. The van der Waals surface area contributed by atoms with Gasteiger partial charge in [0.2, 0.25) is 5.91 Å². The van der Waals surface area contributed by atoms with Crippen LogP contribution in [0.1, 0.15) is 20.3 Å². The van der Waals surface area contributed by atoms with Gasteiger partial charge in [-0.25, -0.2) is 4.39 Å². The highest BCUT2D eigenvalue weighted by atomic mass is 19.1. The molecule has 1 aromatic rings. The molecule has 25 heavy (non-hydrogen) atoms. The molecular weight excluding hydrogens is 319 g/mol. The first-order chi connectivity index (χ1) is 12.2. The first kappa shape index (κ1) is 19.7. The van der Waals surface area contributed by atoms with Crippen LogP contribution in [0.4, 0.5) is 10.1 Å². The summed E-state index contributed by atoms with van der Waals surface area (Å²) in [5.41, 5.74) is 0.629. The molecule has 1 amide bonds.